The number of ether oxygens (including phenoxy) is 2. The first-order valence-corrected chi connectivity index (χ1v) is 12.1. The predicted octanol–water partition coefficient (Wildman–Crippen LogP) is 4.76. The Balaban J connectivity index is 1.94. The summed E-state index contributed by atoms with van der Waals surface area (Å²) in [7, 11) is 7.29. The number of carbonyl (C=O) groups excluding carboxylic acids is 1. The molecule has 0 saturated carbocycles. The highest BCUT2D eigenvalue weighted by atomic mass is 32.1. The Labute approximate surface area is 200 Å². The van der Waals surface area contributed by atoms with Crippen LogP contribution in [0.4, 0.5) is 10.8 Å². The number of hydrogen-bond acceptors (Lipinski definition) is 7. The maximum absolute atomic E-state index is 13.6. The van der Waals surface area contributed by atoms with Gasteiger partial charge in [0.2, 0.25) is 0 Å². The fraction of sp³-hybridized carbons (Fsp3) is 0.440. The van der Waals surface area contributed by atoms with E-state index >= 15 is 0 Å². The first kappa shape index (κ1) is 24.8. The molecule has 8 heteroatoms. The van der Waals surface area contributed by atoms with Crippen LogP contribution in [0.15, 0.2) is 36.4 Å². The molecule has 7 nitrogen and oxygen atoms in total. The molecule has 0 spiro atoms. The van der Waals surface area contributed by atoms with E-state index in [1.54, 1.807) is 19.1 Å². The highest BCUT2D eigenvalue weighted by molar-refractivity contribution is 7.22. The van der Waals surface area contributed by atoms with Gasteiger partial charge < -0.3 is 19.3 Å². The lowest BCUT2D eigenvalue weighted by atomic mass is 10.1. The molecule has 0 fully saturated rings. The predicted molar refractivity (Wildman–Crippen MR) is 138 cm³/mol. The SMILES string of the molecule is CCN(CC)c1ccc(C(=O)N(CCCN(C)C)c2nc3cc(OC)c(OC)cc3s2)cc1. The van der Waals surface area contributed by atoms with Crippen LogP contribution in [0.2, 0.25) is 0 Å². The Morgan fingerprint density at radius 1 is 0.970 bits per heavy atom. The molecule has 1 aromatic heterocycles. The molecule has 0 bridgehead atoms. The largest absolute Gasteiger partial charge is 0.493 e. The van der Waals surface area contributed by atoms with Gasteiger partial charge in [0.1, 0.15) is 0 Å². The number of fused-ring (bicyclic) bond motifs is 1. The van der Waals surface area contributed by atoms with Crippen molar-refractivity contribution in [3.05, 3.63) is 42.0 Å². The van der Waals surface area contributed by atoms with E-state index in [2.05, 4.69) is 23.6 Å². The summed E-state index contributed by atoms with van der Waals surface area (Å²) in [5, 5.41) is 0.678. The second kappa shape index (κ2) is 11.3. The molecule has 3 rings (SSSR count). The number of nitrogens with zero attached hydrogens (tertiary/aromatic N) is 4. The van der Waals surface area contributed by atoms with Crippen LogP contribution in [0.5, 0.6) is 11.5 Å². The molecule has 1 heterocycles. The van der Waals surface area contributed by atoms with Crippen molar-refractivity contribution in [2.24, 2.45) is 0 Å². The highest BCUT2D eigenvalue weighted by Crippen LogP contribution is 2.37. The fourth-order valence-corrected chi connectivity index (χ4v) is 4.75. The molecule has 2 aromatic carbocycles. The molecule has 0 saturated heterocycles. The maximum Gasteiger partial charge on any atom is 0.260 e. The van der Waals surface area contributed by atoms with E-state index in [1.165, 1.54) is 11.3 Å². The second-order valence-corrected chi connectivity index (χ2v) is 9.01. The summed E-state index contributed by atoms with van der Waals surface area (Å²) in [6, 6.07) is 11.6. The first-order chi connectivity index (χ1) is 15.9. The lowest BCUT2D eigenvalue weighted by Gasteiger charge is -2.23. The number of thiazole rings is 1. The van der Waals surface area contributed by atoms with Crippen molar-refractivity contribution in [1.29, 1.82) is 0 Å². The number of methoxy groups -OCH3 is 2. The number of amides is 1. The summed E-state index contributed by atoms with van der Waals surface area (Å²) >= 11 is 1.49. The van der Waals surface area contributed by atoms with E-state index < -0.39 is 0 Å². The van der Waals surface area contributed by atoms with Crippen LogP contribution in [-0.4, -0.2) is 70.3 Å². The monoisotopic (exact) mass is 470 g/mol. The van der Waals surface area contributed by atoms with Crippen LogP contribution < -0.4 is 19.3 Å². The van der Waals surface area contributed by atoms with Gasteiger partial charge in [-0.25, -0.2) is 4.98 Å². The van der Waals surface area contributed by atoms with Crippen molar-refractivity contribution < 1.29 is 14.3 Å². The number of rotatable bonds is 11. The fourth-order valence-electron chi connectivity index (χ4n) is 3.75. The van der Waals surface area contributed by atoms with Crippen molar-refractivity contribution in [2.45, 2.75) is 20.3 Å². The molecule has 0 aliphatic rings. The van der Waals surface area contributed by atoms with Gasteiger partial charge in [0.25, 0.3) is 5.91 Å². The Kier molecular flexibility index (Phi) is 8.52. The van der Waals surface area contributed by atoms with Crippen LogP contribution in [-0.2, 0) is 0 Å². The summed E-state index contributed by atoms with van der Waals surface area (Å²) in [4.78, 5) is 24.5. The van der Waals surface area contributed by atoms with Crippen LogP contribution in [0, 0.1) is 0 Å². The lowest BCUT2D eigenvalue weighted by Crippen LogP contribution is -2.33. The van der Waals surface area contributed by atoms with Crippen LogP contribution in [0.25, 0.3) is 10.2 Å². The minimum absolute atomic E-state index is 0.0437. The molecule has 0 N–H and O–H groups in total. The molecule has 3 aromatic rings. The average Bonchev–Trinajstić information content (AvgIpc) is 3.24. The normalized spacial score (nSPS) is 11.1. The van der Waals surface area contributed by atoms with Gasteiger partial charge in [0.15, 0.2) is 16.6 Å². The van der Waals surface area contributed by atoms with E-state index in [-0.39, 0.29) is 5.91 Å². The zero-order valence-corrected chi connectivity index (χ0v) is 21.2. The summed E-state index contributed by atoms with van der Waals surface area (Å²) in [6.45, 7) is 7.59. The quantitative estimate of drug-likeness (QED) is 0.403. The lowest BCUT2D eigenvalue weighted by molar-refractivity contribution is 0.0986. The number of benzene rings is 2. The van der Waals surface area contributed by atoms with E-state index in [0.29, 0.717) is 28.7 Å². The summed E-state index contributed by atoms with van der Waals surface area (Å²) < 4.78 is 11.8. The molecular weight excluding hydrogens is 436 g/mol. The minimum Gasteiger partial charge on any atom is -0.493 e. The second-order valence-electron chi connectivity index (χ2n) is 8.00. The first-order valence-electron chi connectivity index (χ1n) is 11.3. The topological polar surface area (TPSA) is 58.1 Å². The van der Waals surface area contributed by atoms with Crippen molar-refractivity contribution in [2.75, 3.05) is 64.3 Å². The van der Waals surface area contributed by atoms with E-state index in [4.69, 9.17) is 14.5 Å². The maximum atomic E-state index is 13.6. The van der Waals surface area contributed by atoms with Gasteiger partial charge in [-0.3, -0.25) is 9.69 Å². The van der Waals surface area contributed by atoms with Gasteiger partial charge in [-0.05, 0) is 65.2 Å². The van der Waals surface area contributed by atoms with Gasteiger partial charge in [-0.15, -0.1) is 0 Å². The van der Waals surface area contributed by atoms with Crippen molar-refractivity contribution in [3.8, 4) is 11.5 Å². The van der Waals surface area contributed by atoms with Crippen molar-refractivity contribution in [3.63, 3.8) is 0 Å². The number of hydrogen-bond donors (Lipinski definition) is 0. The van der Waals surface area contributed by atoms with Crippen molar-refractivity contribution in [1.82, 2.24) is 9.88 Å². The Morgan fingerprint density at radius 2 is 1.61 bits per heavy atom. The summed E-state index contributed by atoms with van der Waals surface area (Å²) in [6.07, 6.45) is 0.846. The Bertz CT molecular complexity index is 1020. The summed E-state index contributed by atoms with van der Waals surface area (Å²) in [5.74, 6) is 1.23. The third-order valence-corrected chi connectivity index (χ3v) is 6.63. The van der Waals surface area contributed by atoms with E-state index in [1.807, 2.05) is 50.5 Å². The third-order valence-electron chi connectivity index (χ3n) is 5.59. The zero-order chi connectivity index (χ0) is 24.0. The molecule has 0 aliphatic carbocycles. The minimum atomic E-state index is -0.0437. The van der Waals surface area contributed by atoms with Crippen LogP contribution in [0.3, 0.4) is 0 Å². The average molecular weight is 471 g/mol. The Hall–Kier alpha value is -2.84. The zero-order valence-electron chi connectivity index (χ0n) is 20.4. The van der Waals surface area contributed by atoms with Crippen molar-refractivity contribution >= 4 is 38.3 Å². The third kappa shape index (κ3) is 5.75. The molecular formula is C25H34N4O3S. The van der Waals surface area contributed by atoms with Gasteiger partial charge >= 0.3 is 0 Å². The van der Waals surface area contributed by atoms with E-state index in [0.717, 1.165) is 42.0 Å². The number of aromatic nitrogens is 1. The molecule has 0 atom stereocenters. The smallest absolute Gasteiger partial charge is 0.260 e. The molecule has 0 aliphatic heterocycles. The Morgan fingerprint density at radius 3 is 2.18 bits per heavy atom. The van der Waals surface area contributed by atoms with Gasteiger partial charge in [-0.2, -0.15) is 0 Å². The number of anilines is 2. The number of carbonyl (C=O) groups is 1. The van der Waals surface area contributed by atoms with E-state index in [9.17, 15) is 4.79 Å². The highest BCUT2D eigenvalue weighted by Gasteiger charge is 2.22. The molecule has 33 heavy (non-hydrogen) atoms. The van der Waals surface area contributed by atoms with Gasteiger partial charge in [0, 0.05) is 43.0 Å². The van der Waals surface area contributed by atoms with Gasteiger partial charge in [0.05, 0.1) is 24.4 Å². The molecule has 1 amide bonds. The molecule has 178 valence electrons. The summed E-state index contributed by atoms with van der Waals surface area (Å²) in [5.41, 5.74) is 2.56. The van der Waals surface area contributed by atoms with Crippen LogP contribution in [0.1, 0.15) is 30.6 Å². The van der Waals surface area contributed by atoms with Crippen LogP contribution >= 0.6 is 11.3 Å². The standard InChI is InChI=1S/C25H34N4O3S/c1-7-28(8-2)19-12-10-18(11-13-19)24(30)29(15-9-14-27(3)4)25-26-20-16-21(31-5)22(32-6)17-23(20)33-25/h10-13,16-17H,7-9,14-15H2,1-6H3. The van der Waals surface area contributed by atoms with Gasteiger partial charge in [-0.1, -0.05) is 11.3 Å². The molecule has 0 radical (unpaired) electrons. The molecule has 0 unspecified atom stereocenters.